The van der Waals surface area contributed by atoms with Crippen molar-refractivity contribution in [1.29, 1.82) is 0 Å². The van der Waals surface area contributed by atoms with Crippen LogP contribution in [0.4, 0.5) is 4.79 Å². The molecule has 0 aliphatic heterocycles. The number of hydrogen-bond donors (Lipinski definition) is 1. The Hall–Kier alpha value is -2.37. The molecule has 24 heavy (non-hydrogen) atoms. The zero-order valence-electron chi connectivity index (χ0n) is 14.3. The SMILES string of the molecule is CN(C)/C=N/C(=O)[C@H]1CC[C@H](N(Cc2ccccc2)C(=O)O)CC1. The first-order valence-electron chi connectivity index (χ1n) is 8.25. The predicted octanol–water partition coefficient (Wildman–Crippen LogP) is 2.84. The van der Waals surface area contributed by atoms with Gasteiger partial charge in [-0.15, -0.1) is 0 Å². The molecule has 0 bridgehead atoms. The average molecular weight is 331 g/mol. The molecule has 1 saturated carbocycles. The average Bonchev–Trinajstić information content (AvgIpc) is 2.58. The Labute approximate surface area is 142 Å². The molecule has 0 unspecified atom stereocenters. The van der Waals surface area contributed by atoms with Gasteiger partial charge in [-0.2, -0.15) is 0 Å². The standard InChI is InChI=1S/C18H25N3O3/c1-20(2)13-19-17(22)15-8-10-16(11-9-15)21(18(23)24)12-14-6-4-3-5-7-14/h3-7,13,15-16H,8-12H2,1-2H3,(H,23,24)/b19-13+/t15-,16-. The molecule has 2 rings (SSSR count). The molecule has 1 aromatic rings. The first kappa shape index (κ1) is 18.0. The Bertz CT molecular complexity index is 578. The van der Waals surface area contributed by atoms with Gasteiger partial charge >= 0.3 is 6.09 Å². The molecule has 1 aliphatic carbocycles. The molecule has 0 atom stereocenters. The lowest BCUT2D eigenvalue weighted by Crippen LogP contribution is -2.41. The maximum absolute atomic E-state index is 12.0. The fourth-order valence-electron chi connectivity index (χ4n) is 3.05. The van der Waals surface area contributed by atoms with E-state index in [9.17, 15) is 14.7 Å². The number of carboxylic acid groups (broad SMARTS) is 1. The Kier molecular flexibility index (Phi) is 6.35. The van der Waals surface area contributed by atoms with Gasteiger partial charge in [0.25, 0.3) is 0 Å². The summed E-state index contributed by atoms with van der Waals surface area (Å²) >= 11 is 0. The van der Waals surface area contributed by atoms with Gasteiger partial charge in [0.2, 0.25) is 5.91 Å². The third-order valence-electron chi connectivity index (χ3n) is 4.34. The summed E-state index contributed by atoms with van der Waals surface area (Å²) in [5.41, 5.74) is 0.980. The number of amides is 2. The van der Waals surface area contributed by atoms with Crippen LogP contribution in [0.5, 0.6) is 0 Å². The van der Waals surface area contributed by atoms with Crippen molar-refractivity contribution in [3.05, 3.63) is 35.9 Å². The molecule has 0 spiro atoms. The van der Waals surface area contributed by atoms with Crippen LogP contribution in [0, 0.1) is 5.92 Å². The third-order valence-corrected chi connectivity index (χ3v) is 4.34. The molecule has 1 aromatic carbocycles. The molecular weight excluding hydrogens is 306 g/mol. The minimum absolute atomic E-state index is 0.0374. The molecule has 2 amide bonds. The molecule has 1 fully saturated rings. The number of carbonyl (C=O) groups excluding carboxylic acids is 1. The lowest BCUT2D eigenvalue weighted by molar-refractivity contribution is -0.122. The second-order valence-electron chi connectivity index (χ2n) is 6.45. The summed E-state index contributed by atoms with van der Waals surface area (Å²) in [6.07, 6.45) is 3.40. The highest BCUT2D eigenvalue weighted by atomic mass is 16.4. The second kappa shape index (κ2) is 8.47. The van der Waals surface area contributed by atoms with Gasteiger partial charge in [0.1, 0.15) is 0 Å². The predicted molar refractivity (Wildman–Crippen MR) is 92.9 cm³/mol. The Morgan fingerprint density at radius 1 is 1.17 bits per heavy atom. The van der Waals surface area contributed by atoms with Gasteiger partial charge in [0.15, 0.2) is 0 Å². The van der Waals surface area contributed by atoms with E-state index in [-0.39, 0.29) is 17.9 Å². The van der Waals surface area contributed by atoms with Crippen LogP contribution in [0.1, 0.15) is 31.2 Å². The largest absolute Gasteiger partial charge is 0.465 e. The highest BCUT2D eigenvalue weighted by molar-refractivity contribution is 5.86. The molecule has 1 N–H and O–H groups in total. The third kappa shape index (κ3) is 5.08. The Morgan fingerprint density at radius 3 is 2.33 bits per heavy atom. The first-order chi connectivity index (χ1) is 11.5. The van der Waals surface area contributed by atoms with Crippen molar-refractivity contribution in [2.24, 2.45) is 10.9 Å². The zero-order valence-corrected chi connectivity index (χ0v) is 14.3. The highest BCUT2D eigenvalue weighted by Crippen LogP contribution is 2.29. The van der Waals surface area contributed by atoms with Gasteiger partial charge in [-0.1, -0.05) is 30.3 Å². The number of aliphatic imine (C=N–C) groups is 1. The van der Waals surface area contributed by atoms with E-state index in [0.29, 0.717) is 32.2 Å². The van der Waals surface area contributed by atoms with Crippen LogP contribution in [-0.2, 0) is 11.3 Å². The van der Waals surface area contributed by atoms with E-state index in [1.54, 1.807) is 4.90 Å². The lowest BCUT2D eigenvalue weighted by Gasteiger charge is -2.34. The van der Waals surface area contributed by atoms with E-state index in [1.807, 2.05) is 44.4 Å². The zero-order chi connectivity index (χ0) is 17.5. The van der Waals surface area contributed by atoms with E-state index in [4.69, 9.17) is 0 Å². The Morgan fingerprint density at radius 2 is 1.79 bits per heavy atom. The minimum atomic E-state index is -0.903. The number of nitrogens with zero attached hydrogens (tertiary/aromatic N) is 3. The van der Waals surface area contributed by atoms with E-state index < -0.39 is 6.09 Å². The van der Waals surface area contributed by atoms with Crippen LogP contribution in [0.25, 0.3) is 0 Å². The molecule has 1 aliphatic rings. The maximum Gasteiger partial charge on any atom is 0.407 e. The first-order valence-corrected chi connectivity index (χ1v) is 8.25. The van der Waals surface area contributed by atoms with Crippen molar-refractivity contribution >= 4 is 18.3 Å². The summed E-state index contributed by atoms with van der Waals surface area (Å²) in [7, 11) is 3.64. The number of benzene rings is 1. The van der Waals surface area contributed by atoms with Crippen LogP contribution < -0.4 is 0 Å². The van der Waals surface area contributed by atoms with Crippen LogP contribution >= 0.6 is 0 Å². The van der Waals surface area contributed by atoms with Gasteiger partial charge in [0, 0.05) is 32.6 Å². The number of rotatable bonds is 5. The lowest BCUT2D eigenvalue weighted by atomic mass is 9.85. The molecule has 130 valence electrons. The molecule has 0 radical (unpaired) electrons. The maximum atomic E-state index is 12.0. The summed E-state index contributed by atoms with van der Waals surface area (Å²) in [6.45, 7) is 0.387. The van der Waals surface area contributed by atoms with E-state index in [2.05, 4.69) is 4.99 Å². The summed E-state index contributed by atoms with van der Waals surface area (Å²) in [6, 6.07) is 9.56. The van der Waals surface area contributed by atoms with Crippen LogP contribution in [-0.4, -0.2) is 53.4 Å². The molecule has 6 nitrogen and oxygen atoms in total. The fourth-order valence-corrected chi connectivity index (χ4v) is 3.05. The van der Waals surface area contributed by atoms with Crippen molar-refractivity contribution in [1.82, 2.24) is 9.80 Å². The minimum Gasteiger partial charge on any atom is -0.465 e. The summed E-state index contributed by atoms with van der Waals surface area (Å²) in [5, 5.41) is 9.54. The number of carbonyl (C=O) groups is 2. The molecule has 0 heterocycles. The second-order valence-corrected chi connectivity index (χ2v) is 6.45. The molecule has 0 saturated heterocycles. The quantitative estimate of drug-likeness (QED) is 0.665. The highest BCUT2D eigenvalue weighted by Gasteiger charge is 2.31. The van der Waals surface area contributed by atoms with E-state index in [0.717, 1.165) is 5.56 Å². The van der Waals surface area contributed by atoms with Gasteiger partial charge in [-0.25, -0.2) is 9.79 Å². The smallest absolute Gasteiger partial charge is 0.407 e. The van der Waals surface area contributed by atoms with Gasteiger partial charge in [0.05, 0.1) is 6.34 Å². The monoisotopic (exact) mass is 331 g/mol. The van der Waals surface area contributed by atoms with Crippen LogP contribution in [0.3, 0.4) is 0 Å². The van der Waals surface area contributed by atoms with Crippen molar-refractivity contribution in [3.8, 4) is 0 Å². The van der Waals surface area contributed by atoms with Gasteiger partial charge < -0.3 is 14.9 Å². The molecular formula is C18H25N3O3. The van der Waals surface area contributed by atoms with Gasteiger partial charge in [-0.3, -0.25) is 4.79 Å². The van der Waals surface area contributed by atoms with E-state index >= 15 is 0 Å². The van der Waals surface area contributed by atoms with Crippen molar-refractivity contribution < 1.29 is 14.7 Å². The Balaban J connectivity index is 1.93. The van der Waals surface area contributed by atoms with Crippen molar-refractivity contribution in [3.63, 3.8) is 0 Å². The molecule has 6 heteroatoms. The summed E-state index contributed by atoms with van der Waals surface area (Å²) in [5.74, 6) is -0.197. The fraction of sp³-hybridized carbons (Fsp3) is 0.500. The topological polar surface area (TPSA) is 73.2 Å². The van der Waals surface area contributed by atoms with Crippen molar-refractivity contribution in [2.45, 2.75) is 38.3 Å². The van der Waals surface area contributed by atoms with Crippen LogP contribution in [0.2, 0.25) is 0 Å². The summed E-state index contributed by atoms with van der Waals surface area (Å²) in [4.78, 5) is 30.9. The van der Waals surface area contributed by atoms with Crippen LogP contribution in [0.15, 0.2) is 35.3 Å². The van der Waals surface area contributed by atoms with E-state index in [1.165, 1.54) is 11.2 Å². The number of hydrogen-bond acceptors (Lipinski definition) is 2. The van der Waals surface area contributed by atoms with Gasteiger partial charge in [-0.05, 0) is 31.2 Å². The molecule has 0 aromatic heterocycles. The van der Waals surface area contributed by atoms with Crippen molar-refractivity contribution in [2.75, 3.05) is 14.1 Å². The normalized spacial score (nSPS) is 20.8. The summed E-state index contributed by atoms with van der Waals surface area (Å²) < 4.78 is 0.